The van der Waals surface area contributed by atoms with E-state index in [9.17, 15) is 10.1 Å². The van der Waals surface area contributed by atoms with Crippen LogP contribution in [-0.4, -0.2) is 19.5 Å². The van der Waals surface area contributed by atoms with E-state index >= 15 is 0 Å². The summed E-state index contributed by atoms with van der Waals surface area (Å²) in [5, 5.41) is 23.8. The molecule has 0 N–H and O–H groups in total. The molecule has 0 bridgehead atoms. The van der Waals surface area contributed by atoms with E-state index in [-0.39, 0.29) is 5.69 Å². The van der Waals surface area contributed by atoms with E-state index in [1.54, 1.807) is 30.3 Å². The van der Waals surface area contributed by atoms with Crippen molar-refractivity contribution in [3.05, 3.63) is 58.3 Å². The first kappa shape index (κ1) is 11.8. The summed E-state index contributed by atoms with van der Waals surface area (Å²) >= 11 is 0. The largest absolute Gasteiger partial charge is 0.269 e. The average Bonchev–Trinajstić information content (AvgIpc) is 2.91. The summed E-state index contributed by atoms with van der Waals surface area (Å²) < 4.78 is 1.44. The van der Waals surface area contributed by atoms with Crippen LogP contribution in [0.1, 0.15) is 5.69 Å². The van der Waals surface area contributed by atoms with Crippen LogP contribution >= 0.6 is 0 Å². The van der Waals surface area contributed by atoms with Crippen LogP contribution in [-0.2, 0) is 0 Å². The number of fused-ring (bicyclic) bond motifs is 1. The minimum atomic E-state index is -0.464. The number of nitro benzene ring substituents is 1. The van der Waals surface area contributed by atoms with Gasteiger partial charge in [-0.25, -0.2) is 9.50 Å². The zero-order valence-corrected chi connectivity index (χ0v) is 10.1. The third-order valence-electron chi connectivity index (χ3n) is 2.81. The number of aromatic nitrogens is 3. The van der Waals surface area contributed by atoms with Crippen molar-refractivity contribution >= 4 is 11.3 Å². The van der Waals surface area contributed by atoms with Gasteiger partial charge in [0.25, 0.3) is 5.69 Å². The van der Waals surface area contributed by atoms with Crippen molar-refractivity contribution in [3.63, 3.8) is 0 Å². The van der Waals surface area contributed by atoms with Gasteiger partial charge in [-0.2, -0.15) is 5.26 Å². The van der Waals surface area contributed by atoms with E-state index in [0.29, 0.717) is 22.7 Å². The lowest BCUT2D eigenvalue weighted by Gasteiger charge is -1.94. The normalized spacial score (nSPS) is 10.3. The van der Waals surface area contributed by atoms with Crippen LogP contribution in [0.15, 0.2) is 42.5 Å². The minimum absolute atomic E-state index is 0.00947. The van der Waals surface area contributed by atoms with Crippen LogP contribution < -0.4 is 0 Å². The number of hydrogen-bond acceptors (Lipinski definition) is 5. The van der Waals surface area contributed by atoms with Gasteiger partial charge in [0.15, 0.2) is 11.5 Å². The molecule has 96 valence electrons. The molecule has 0 aliphatic rings. The standard InChI is InChI=1S/C13H7N5O2/c14-8-11-2-1-3-12-15-13(16-17(11)12)9-4-6-10(7-5-9)18(19)20/h1-7H. The van der Waals surface area contributed by atoms with Crippen molar-refractivity contribution in [2.24, 2.45) is 0 Å². The monoisotopic (exact) mass is 265 g/mol. The first-order valence-corrected chi connectivity index (χ1v) is 5.70. The summed E-state index contributed by atoms with van der Waals surface area (Å²) in [6, 6.07) is 13.1. The molecular weight excluding hydrogens is 258 g/mol. The molecule has 2 aromatic heterocycles. The van der Waals surface area contributed by atoms with Crippen molar-refractivity contribution in [2.45, 2.75) is 0 Å². The van der Waals surface area contributed by atoms with Crippen LogP contribution in [0.2, 0.25) is 0 Å². The Morgan fingerprint density at radius 2 is 1.95 bits per heavy atom. The Labute approximate surface area is 112 Å². The summed E-state index contributed by atoms with van der Waals surface area (Å²) in [5.74, 6) is 0.419. The molecule has 0 fully saturated rings. The average molecular weight is 265 g/mol. The Bertz CT molecular complexity index is 845. The van der Waals surface area contributed by atoms with E-state index in [1.165, 1.54) is 16.6 Å². The van der Waals surface area contributed by atoms with Gasteiger partial charge in [-0.05, 0) is 24.3 Å². The number of benzene rings is 1. The molecule has 2 heterocycles. The lowest BCUT2D eigenvalue weighted by atomic mass is 10.2. The molecular formula is C13H7N5O2. The summed E-state index contributed by atoms with van der Waals surface area (Å²) in [4.78, 5) is 14.4. The highest BCUT2D eigenvalue weighted by molar-refractivity contribution is 5.60. The second-order valence-electron chi connectivity index (χ2n) is 4.03. The SMILES string of the molecule is N#Cc1cccc2nc(-c3ccc([N+](=O)[O-])cc3)nn12. The summed E-state index contributed by atoms with van der Waals surface area (Å²) in [7, 11) is 0. The van der Waals surface area contributed by atoms with Crippen molar-refractivity contribution < 1.29 is 4.92 Å². The second kappa shape index (κ2) is 4.44. The Hall–Kier alpha value is -3.27. The van der Waals surface area contributed by atoms with Gasteiger partial charge in [-0.15, -0.1) is 5.10 Å². The van der Waals surface area contributed by atoms with E-state index in [2.05, 4.69) is 10.1 Å². The van der Waals surface area contributed by atoms with Crippen molar-refractivity contribution in [2.75, 3.05) is 0 Å². The molecule has 3 aromatic rings. The number of rotatable bonds is 2. The molecule has 0 spiro atoms. The maximum absolute atomic E-state index is 10.6. The zero-order chi connectivity index (χ0) is 14.1. The van der Waals surface area contributed by atoms with Gasteiger partial charge in [-0.3, -0.25) is 10.1 Å². The number of pyridine rings is 1. The number of nitriles is 1. The lowest BCUT2D eigenvalue weighted by Crippen LogP contribution is -1.93. The molecule has 0 unspecified atom stereocenters. The predicted molar refractivity (Wildman–Crippen MR) is 69.8 cm³/mol. The van der Waals surface area contributed by atoms with Crippen LogP contribution in [0.4, 0.5) is 5.69 Å². The Morgan fingerprint density at radius 3 is 2.60 bits per heavy atom. The van der Waals surface area contributed by atoms with Gasteiger partial charge in [0.1, 0.15) is 11.8 Å². The number of hydrogen-bond donors (Lipinski definition) is 0. The molecule has 20 heavy (non-hydrogen) atoms. The number of non-ortho nitro benzene ring substituents is 1. The molecule has 3 rings (SSSR count). The fourth-order valence-electron chi connectivity index (χ4n) is 1.84. The first-order chi connectivity index (χ1) is 9.69. The summed E-state index contributed by atoms with van der Waals surface area (Å²) in [5.41, 5.74) is 1.60. The van der Waals surface area contributed by atoms with Gasteiger partial charge >= 0.3 is 0 Å². The fraction of sp³-hybridized carbons (Fsp3) is 0. The van der Waals surface area contributed by atoms with Crippen molar-refractivity contribution in [3.8, 4) is 17.5 Å². The highest BCUT2D eigenvalue weighted by Gasteiger charge is 2.10. The molecule has 7 nitrogen and oxygen atoms in total. The highest BCUT2D eigenvalue weighted by Crippen LogP contribution is 2.20. The number of nitrogens with zero attached hydrogens (tertiary/aromatic N) is 5. The molecule has 0 saturated heterocycles. The molecule has 0 radical (unpaired) electrons. The predicted octanol–water partition coefficient (Wildman–Crippen LogP) is 2.18. The zero-order valence-electron chi connectivity index (χ0n) is 10.1. The van der Waals surface area contributed by atoms with Crippen LogP contribution in [0, 0.1) is 21.4 Å². The molecule has 7 heteroatoms. The Balaban J connectivity index is 2.11. The van der Waals surface area contributed by atoms with Gasteiger partial charge in [0.05, 0.1) is 4.92 Å². The summed E-state index contributed by atoms with van der Waals surface area (Å²) in [6.07, 6.45) is 0. The van der Waals surface area contributed by atoms with Crippen LogP contribution in [0.3, 0.4) is 0 Å². The molecule has 1 aromatic carbocycles. The topological polar surface area (TPSA) is 97.1 Å². The Kier molecular flexibility index (Phi) is 2.62. The molecule has 0 atom stereocenters. The first-order valence-electron chi connectivity index (χ1n) is 5.70. The molecule has 0 amide bonds. The molecule has 0 aliphatic carbocycles. The highest BCUT2D eigenvalue weighted by atomic mass is 16.6. The van der Waals surface area contributed by atoms with Crippen LogP contribution in [0.5, 0.6) is 0 Å². The van der Waals surface area contributed by atoms with Gasteiger partial charge < -0.3 is 0 Å². The fourth-order valence-corrected chi connectivity index (χ4v) is 1.84. The van der Waals surface area contributed by atoms with Gasteiger partial charge in [0, 0.05) is 17.7 Å². The maximum atomic E-state index is 10.6. The minimum Gasteiger partial charge on any atom is -0.258 e. The maximum Gasteiger partial charge on any atom is 0.269 e. The quantitative estimate of drug-likeness (QED) is 0.522. The summed E-state index contributed by atoms with van der Waals surface area (Å²) in [6.45, 7) is 0. The molecule has 0 aliphatic heterocycles. The number of nitro groups is 1. The van der Waals surface area contributed by atoms with Crippen molar-refractivity contribution in [1.29, 1.82) is 5.26 Å². The van der Waals surface area contributed by atoms with Crippen molar-refractivity contribution in [1.82, 2.24) is 14.6 Å². The van der Waals surface area contributed by atoms with E-state index in [0.717, 1.165) is 0 Å². The van der Waals surface area contributed by atoms with E-state index in [1.807, 2.05) is 6.07 Å². The smallest absolute Gasteiger partial charge is 0.258 e. The second-order valence-corrected chi connectivity index (χ2v) is 4.03. The van der Waals surface area contributed by atoms with E-state index in [4.69, 9.17) is 5.26 Å². The third-order valence-corrected chi connectivity index (χ3v) is 2.81. The van der Waals surface area contributed by atoms with Crippen LogP contribution in [0.25, 0.3) is 17.0 Å². The Morgan fingerprint density at radius 1 is 1.20 bits per heavy atom. The van der Waals surface area contributed by atoms with Gasteiger partial charge in [0.2, 0.25) is 0 Å². The third kappa shape index (κ3) is 1.85. The lowest BCUT2D eigenvalue weighted by molar-refractivity contribution is -0.384. The van der Waals surface area contributed by atoms with Gasteiger partial charge in [-0.1, -0.05) is 6.07 Å². The molecule has 0 saturated carbocycles. The van der Waals surface area contributed by atoms with E-state index < -0.39 is 4.92 Å².